The molecule has 0 bridgehead atoms. The van der Waals surface area contributed by atoms with Gasteiger partial charge in [-0.25, -0.2) is 5.84 Å². The van der Waals surface area contributed by atoms with Crippen LogP contribution in [0.1, 0.15) is 16.8 Å². The Bertz CT molecular complexity index is 608. The molecule has 0 radical (unpaired) electrons. The normalized spacial score (nSPS) is 10.9. The number of aldehydes is 1. The third kappa shape index (κ3) is 2.25. The van der Waals surface area contributed by atoms with E-state index in [9.17, 15) is 4.79 Å². The molecule has 2 rings (SSSR count). The van der Waals surface area contributed by atoms with Crippen LogP contribution in [0.2, 0.25) is 0 Å². The van der Waals surface area contributed by atoms with Gasteiger partial charge in [-0.1, -0.05) is 0 Å². The zero-order valence-electron chi connectivity index (χ0n) is 10.7. The number of nitrogen functional groups attached to an aromatic ring is 1. The molecule has 5 N–H and O–H groups in total. The van der Waals surface area contributed by atoms with Crippen molar-refractivity contribution in [1.82, 2.24) is 9.78 Å². The van der Waals surface area contributed by atoms with E-state index in [0.717, 1.165) is 6.29 Å². The van der Waals surface area contributed by atoms with Gasteiger partial charge in [0, 0.05) is 31.1 Å². The summed E-state index contributed by atoms with van der Waals surface area (Å²) in [5.74, 6) is 5.98. The molecular formula is C12H17N5O2. The van der Waals surface area contributed by atoms with Crippen molar-refractivity contribution in [2.24, 2.45) is 12.9 Å². The summed E-state index contributed by atoms with van der Waals surface area (Å²) in [5.41, 5.74) is 8.21. The Hall–Kier alpha value is -2.12. The third-order valence-corrected chi connectivity index (χ3v) is 3.03. The van der Waals surface area contributed by atoms with Gasteiger partial charge in [0.2, 0.25) is 0 Å². The number of carbonyl (C=O) groups excluding carboxylic acids is 1. The minimum atomic E-state index is 0.0502. The Morgan fingerprint density at radius 2 is 2.32 bits per heavy atom. The zero-order valence-corrected chi connectivity index (χ0v) is 10.7. The van der Waals surface area contributed by atoms with Crippen LogP contribution >= 0.6 is 0 Å². The van der Waals surface area contributed by atoms with Crippen molar-refractivity contribution >= 4 is 28.6 Å². The molecular weight excluding hydrogens is 246 g/mol. The fourth-order valence-corrected chi connectivity index (χ4v) is 2.13. The van der Waals surface area contributed by atoms with E-state index < -0.39 is 0 Å². The first-order valence-corrected chi connectivity index (χ1v) is 5.92. The molecule has 0 aliphatic heterocycles. The number of aryl methyl sites for hydroxylation is 1. The van der Waals surface area contributed by atoms with E-state index in [1.807, 2.05) is 0 Å². The number of nitrogens with two attached hydrogens (primary N) is 2. The second kappa shape index (κ2) is 5.25. The molecule has 2 aromatic rings. The number of hydrogen-bond donors (Lipinski definition) is 3. The van der Waals surface area contributed by atoms with Crippen LogP contribution in [0.4, 0.5) is 11.4 Å². The maximum absolute atomic E-state index is 11.1. The van der Waals surface area contributed by atoms with Gasteiger partial charge in [-0.15, -0.1) is 0 Å². The predicted octanol–water partition coefficient (Wildman–Crippen LogP) is 0.0305. The van der Waals surface area contributed by atoms with Crippen LogP contribution in [0.3, 0.4) is 0 Å². The second-order valence-corrected chi connectivity index (χ2v) is 4.32. The lowest BCUT2D eigenvalue weighted by atomic mass is 10.1. The Morgan fingerprint density at radius 1 is 1.58 bits per heavy atom. The lowest BCUT2D eigenvalue weighted by Gasteiger charge is -2.22. The molecule has 0 unspecified atom stereocenters. The summed E-state index contributed by atoms with van der Waals surface area (Å²) in [6.07, 6.45) is 2.89. The first-order valence-electron chi connectivity index (χ1n) is 5.92. The fourth-order valence-electron chi connectivity index (χ4n) is 2.13. The number of anilines is 2. The van der Waals surface area contributed by atoms with Crippen molar-refractivity contribution in [3.05, 3.63) is 17.8 Å². The van der Waals surface area contributed by atoms with Crippen LogP contribution in [0, 0.1) is 0 Å². The Kier molecular flexibility index (Phi) is 3.68. The molecule has 19 heavy (non-hydrogen) atoms. The van der Waals surface area contributed by atoms with Crippen LogP contribution in [-0.2, 0) is 7.05 Å². The quantitative estimate of drug-likeness (QED) is 0.304. The molecule has 0 aliphatic carbocycles. The summed E-state index contributed by atoms with van der Waals surface area (Å²) in [6, 6.07) is 1.59. The Labute approximate surface area is 110 Å². The van der Waals surface area contributed by atoms with E-state index in [1.54, 1.807) is 24.0 Å². The number of hydrazine groups is 1. The molecule has 0 saturated carbocycles. The van der Waals surface area contributed by atoms with E-state index >= 15 is 0 Å². The smallest absolute Gasteiger partial charge is 0.150 e. The molecule has 7 heteroatoms. The monoisotopic (exact) mass is 263 g/mol. The van der Waals surface area contributed by atoms with E-state index in [2.05, 4.69) is 5.10 Å². The molecule has 0 spiro atoms. The molecule has 0 amide bonds. The van der Waals surface area contributed by atoms with E-state index in [1.165, 1.54) is 5.01 Å². The average Bonchev–Trinajstić information content (AvgIpc) is 2.77. The van der Waals surface area contributed by atoms with E-state index in [4.69, 9.17) is 16.7 Å². The number of benzene rings is 1. The number of aromatic nitrogens is 2. The lowest BCUT2D eigenvalue weighted by Crippen LogP contribution is -2.33. The summed E-state index contributed by atoms with van der Waals surface area (Å²) >= 11 is 0. The van der Waals surface area contributed by atoms with Gasteiger partial charge >= 0.3 is 0 Å². The number of nitrogens with zero attached hydrogens (tertiary/aromatic N) is 3. The van der Waals surface area contributed by atoms with Crippen molar-refractivity contribution in [3.8, 4) is 0 Å². The van der Waals surface area contributed by atoms with E-state index in [-0.39, 0.29) is 6.61 Å². The summed E-state index contributed by atoms with van der Waals surface area (Å²) in [6.45, 7) is 0.510. The minimum absolute atomic E-state index is 0.0502. The molecule has 0 aliphatic rings. The molecule has 0 atom stereocenters. The van der Waals surface area contributed by atoms with Gasteiger partial charge < -0.3 is 15.8 Å². The molecule has 1 aromatic heterocycles. The van der Waals surface area contributed by atoms with Gasteiger partial charge in [-0.05, 0) is 12.5 Å². The van der Waals surface area contributed by atoms with Gasteiger partial charge in [-0.3, -0.25) is 9.48 Å². The highest BCUT2D eigenvalue weighted by molar-refractivity contribution is 6.06. The van der Waals surface area contributed by atoms with Gasteiger partial charge in [0.25, 0.3) is 0 Å². The minimum Gasteiger partial charge on any atom is -0.397 e. The number of aliphatic hydroxyl groups is 1. The largest absolute Gasteiger partial charge is 0.397 e. The van der Waals surface area contributed by atoms with Crippen LogP contribution in [0.25, 0.3) is 10.9 Å². The summed E-state index contributed by atoms with van der Waals surface area (Å²) in [4.78, 5) is 11.1. The van der Waals surface area contributed by atoms with Crippen molar-refractivity contribution in [1.29, 1.82) is 0 Å². The second-order valence-electron chi connectivity index (χ2n) is 4.32. The third-order valence-electron chi connectivity index (χ3n) is 3.03. The highest BCUT2D eigenvalue weighted by atomic mass is 16.3. The lowest BCUT2D eigenvalue weighted by molar-refractivity contribution is 0.112. The molecule has 1 heterocycles. The molecule has 7 nitrogen and oxygen atoms in total. The number of fused-ring (bicyclic) bond motifs is 1. The predicted molar refractivity (Wildman–Crippen MR) is 73.8 cm³/mol. The molecule has 0 fully saturated rings. The highest BCUT2D eigenvalue weighted by Crippen LogP contribution is 2.33. The van der Waals surface area contributed by atoms with Crippen LogP contribution in [-0.4, -0.2) is 34.3 Å². The van der Waals surface area contributed by atoms with Gasteiger partial charge in [0.1, 0.15) is 5.69 Å². The van der Waals surface area contributed by atoms with Crippen molar-refractivity contribution in [3.63, 3.8) is 0 Å². The summed E-state index contributed by atoms with van der Waals surface area (Å²) in [7, 11) is 1.76. The van der Waals surface area contributed by atoms with E-state index in [0.29, 0.717) is 40.8 Å². The van der Waals surface area contributed by atoms with Crippen LogP contribution < -0.4 is 16.6 Å². The maximum atomic E-state index is 11.1. The van der Waals surface area contributed by atoms with Crippen molar-refractivity contribution in [2.75, 3.05) is 23.9 Å². The van der Waals surface area contributed by atoms with Gasteiger partial charge in [0.05, 0.1) is 17.4 Å². The standard InChI is InChI=1S/C12H17N5O2/c1-16-11-9(6-15-16)8(7-19)5-10(13)12(11)17(14)3-2-4-18/h5-7,18H,2-4,13-14H2,1H3. The molecule has 102 valence electrons. The Morgan fingerprint density at radius 3 is 2.95 bits per heavy atom. The molecule has 0 saturated heterocycles. The first kappa shape index (κ1) is 13.3. The maximum Gasteiger partial charge on any atom is 0.150 e. The van der Waals surface area contributed by atoms with Gasteiger partial charge in [0.15, 0.2) is 6.29 Å². The van der Waals surface area contributed by atoms with Crippen LogP contribution in [0.15, 0.2) is 12.3 Å². The number of aliphatic hydroxyl groups excluding tert-OH is 1. The summed E-state index contributed by atoms with van der Waals surface area (Å²) < 4.78 is 1.63. The first-order chi connectivity index (χ1) is 9.10. The van der Waals surface area contributed by atoms with Gasteiger partial charge in [-0.2, -0.15) is 5.10 Å². The topological polar surface area (TPSA) is 110 Å². The number of hydrogen-bond acceptors (Lipinski definition) is 6. The number of carbonyl (C=O) groups is 1. The number of rotatable bonds is 5. The summed E-state index contributed by atoms with van der Waals surface area (Å²) in [5, 5.41) is 15.2. The average molecular weight is 263 g/mol. The van der Waals surface area contributed by atoms with Crippen LogP contribution in [0.5, 0.6) is 0 Å². The Balaban J connectivity index is 2.62. The zero-order chi connectivity index (χ0) is 14.0. The van der Waals surface area contributed by atoms with Crippen molar-refractivity contribution < 1.29 is 9.90 Å². The molecule has 1 aromatic carbocycles. The van der Waals surface area contributed by atoms with Crippen molar-refractivity contribution in [2.45, 2.75) is 6.42 Å². The highest BCUT2D eigenvalue weighted by Gasteiger charge is 2.17. The fraction of sp³-hybridized carbons (Fsp3) is 0.333. The SMILES string of the molecule is Cn1ncc2c(C=O)cc(N)c(N(N)CCCO)c21.